The van der Waals surface area contributed by atoms with Crippen LogP contribution in [0.1, 0.15) is 55.3 Å². The third-order valence-corrected chi connectivity index (χ3v) is 7.82. The molecule has 3 aromatic rings. The van der Waals surface area contributed by atoms with Gasteiger partial charge in [0, 0.05) is 38.6 Å². The van der Waals surface area contributed by atoms with Crippen molar-refractivity contribution in [2.45, 2.75) is 51.4 Å². The first-order chi connectivity index (χ1) is 17.5. The molecule has 1 aliphatic heterocycles. The van der Waals surface area contributed by atoms with Gasteiger partial charge < -0.3 is 9.88 Å². The third kappa shape index (κ3) is 5.42. The molecule has 0 bridgehead atoms. The number of carbonyl (C=O) groups is 1. The predicted octanol–water partition coefficient (Wildman–Crippen LogP) is 4.82. The SMILES string of the molecule is CC(NC(=O)C1(CC2CC2)CCN(Cc2ccc3ccc(=O)n(C)c3c2)C1)c1cncc(C(F)(F)F)c1. The minimum atomic E-state index is -4.49. The van der Waals surface area contributed by atoms with Crippen molar-refractivity contribution < 1.29 is 18.0 Å². The molecule has 0 radical (unpaired) electrons. The summed E-state index contributed by atoms with van der Waals surface area (Å²) in [5, 5.41) is 4.00. The van der Waals surface area contributed by atoms with E-state index in [1.54, 1.807) is 24.6 Å². The number of aryl methyl sites for hydroxylation is 1. The average Bonchev–Trinajstić information content (AvgIpc) is 3.58. The monoisotopic (exact) mass is 512 g/mol. The minimum absolute atomic E-state index is 0.0592. The molecule has 2 unspecified atom stereocenters. The smallest absolute Gasteiger partial charge is 0.349 e. The molecule has 9 heteroatoms. The Morgan fingerprint density at radius 3 is 2.68 bits per heavy atom. The second kappa shape index (κ2) is 9.59. The summed E-state index contributed by atoms with van der Waals surface area (Å²) in [5.41, 5.74) is 0.819. The number of nitrogens with zero attached hydrogens (tertiary/aromatic N) is 3. The number of carbonyl (C=O) groups excluding carboxylic acids is 1. The van der Waals surface area contributed by atoms with Crippen molar-refractivity contribution in [2.75, 3.05) is 13.1 Å². The Bertz CT molecular complexity index is 1380. The van der Waals surface area contributed by atoms with Crippen LogP contribution in [0.25, 0.3) is 10.9 Å². The Morgan fingerprint density at radius 2 is 1.95 bits per heavy atom. The van der Waals surface area contributed by atoms with Crippen molar-refractivity contribution in [3.63, 3.8) is 0 Å². The Morgan fingerprint density at radius 1 is 1.19 bits per heavy atom. The number of amides is 1. The second-order valence-electron chi connectivity index (χ2n) is 10.7. The van der Waals surface area contributed by atoms with Gasteiger partial charge in [0.05, 0.1) is 22.5 Å². The molecule has 6 nitrogen and oxygen atoms in total. The van der Waals surface area contributed by atoms with Crippen LogP contribution in [0, 0.1) is 11.3 Å². The van der Waals surface area contributed by atoms with Crippen molar-refractivity contribution >= 4 is 16.8 Å². The number of halogens is 3. The molecule has 2 aliphatic rings. The van der Waals surface area contributed by atoms with Gasteiger partial charge in [0.2, 0.25) is 5.91 Å². The number of alkyl halides is 3. The first-order valence-corrected chi connectivity index (χ1v) is 12.7. The van der Waals surface area contributed by atoms with Crippen LogP contribution in [0.5, 0.6) is 0 Å². The summed E-state index contributed by atoms with van der Waals surface area (Å²) in [6, 6.07) is 9.94. The van der Waals surface area contributed by atoms with Crippen LogP contribution in [0.2, 0.25) is 0 Å². The first kappa shape index (κ1) is 25.4. The van der Waals surface area contributed by atoms with Crippen LogP contribution in [0.15, 0.2) is 53.6 Å². The zero-order chi connectivity index (χ0) is 26.4. The van der Waals surface area contributed by atoms with E-state index in [9.17, 15) is 22.8 Å². The maximum absolute atomic E-state index is 13.6. The normalized spacial score (nSPS) is 21.3. The molecule has 1 aromatic carbocycles. The van der Waals surface area contributed by atoms with Crippen molar-refractivity contribution in [1.82, 2.24) is 19.8 Å². The topological polar surface area (TPSA) is 67.2 Å². The first-order valence-electron chi connectivity index (χ1n) is 12.7. The van der Waals surface area contributed by atoms with Gasteiger partial charge in [0.25, 0.3) is 5.56 Å². The quantitative estimate of drug-likeness (QED) is 0.493. The van der Waals surface area contributed by atoms with Gasteiger partial charge in [-0.2, -0.15) is 13.2 Å². The van der Waals surface area contributed by atoms with Gasteiger partial charge in [0.15, 0.2) is 0 Å². The molecule has 2 atom stereocenters. The van der Waals surface area contributed by atoms with E-state index in [0.717, 1.165) is 54.5 Å². The van der Waals surface area contributed by atoms with Gasteiger partial charge >= 0.3 is 6.18 Å². The van der Waals surface area contributed by atoms with E-state index >= 15 is 0 Å². The third-order valence-electron chi connectivity index (χ3n) is 7.82. The summed E-state index contributed by atoms with van der Waals surface area (Å²) in [4.78, 5) is 31.7. The number of nitrogens with one attached hydrogen (secondary N) is 1. The highest BCUT2D eigenvalue weighted by atomic mass is 19.4. The summed E-state index contributed by atoms with van der Waals surface area (Å²) in [5.74, 6) is 0.416. The maximum atomic E-state index is 13.6. The molecular weight excluding hydrogens is 481 g/mol. The van der Waals surface area contributed by atoms with Crippen LogP contribution in [-0.2, 0) is 24.6 Å². The number of aromatic nitrogens is 2. The maximum Gasteiger partial charge on any atom is 0.417 e. The van der Waals surface area contributed by atoms with E-state index in [1.165, 1.54) is 6.20 Å². The lowest BCUT2D eigenvalue weighted by molar-refractivity contribution is -0.137. The van der Waals surface area contributed by atoms with Gasteiger partial charge in [-0.05, 0) is 66.9 Å². The number of benzene rings is 1. The Balaban J connectivity index is 1.32. The van der Waals surface area contributed by atoms with Crippen LogP contribution in [-0.4, -0.2) is 33.4 Å². The molecule has 2 aromatic heterocycles. The van der Waals surface area contributed by atoms with Gasteiger partial charge in [-0.25, -0.2) is 0 Å². The molecule has 1 amide bonds. The molecule has 1 N–H and O–H groups in total. The second-order valence-corrected chi connectivity index (χ2v) is 10.7. The zero-order valence-electron chi connectivity index (χ0n) is 21.0. The van der Waals surface area contributed by atoms with Crippen LogP contribution < -0.4 is 10.9 Å². The van der Waals surface area contributed by atoms with E-state index < -0.39 is 23.2 Å². The summed E-state index contributed by atoms with van der Waals surface area (Å²) >= 11 is 0. The fourth-order valence-electron chi connectivity index (χ4n) is 5.46. The number of likely N-dealkylation sites (tertiary alicyclic amines) is 1. The lowest BCUT2D eigenvalue weighted by Gasteiger charge is -2.30. The Hall–Kier alpha value is -3.20. The number of hydrogen-bond acceptors (Lipinski definition) is 4. The molecule has 1 aliphatic carbocycles. The van der Waals surface area contributed by atoms with E-state index in [-0.39, 0.29) is 11.5 Å². The van der Waals surface area contributed by atoms with Crippen molar-refractivity contribution in [1.29, 1.82) is 0 Å². The average molecular weight is 513 g/mol. The lowest BCUT2D eigenvalue weighted by atomic mass is 9.80. The summed E-state index contributed by atoms with van der Waals surface area (Å²) in [6.45, 7) is 3.71. The van der Waals surface area contributed by atoms with E-state index in [0.29, 0.717) is 31.0 Å². The van der Waals surface area contributed by atoms with Crippen LogP contribution >= 0.6 is 0 Å². The molecular formula is C28H31F3N4O2. The summed E-state index contributed by atoms with van der Waals surface area (Å²) in [7, 11) is 1.76. The van der Waals surface area contributed by atoms with Crippen molar-refractivity contribution in [2.24, 2.45) is 18.4 Å². The number of fused-ring (bicyclic) bond motifs is 1. The fraction of sp³-hybridized carbons (Fsp3) is 0.464. The number of rotatable bonds is 7. The molecule has 5 rings (SSSR count). The standard InChI is InChI=1S/C28H31F3N4O2/c1-18(22-12-23(15-32-14-22)28(29,30)31)33-26(37)27(13-19-3-4-19)9-10-35(17-27)16-20-5-6-21-7-8-25(36)34(2)24(21)11-20/h5-8,11-12,14-15,18-19H,3-4,9-10,13,16-17H2,1-2H3,(H,33,37). The highest BCUT2D eigenvalue weighted by molar-refractivity contribution is 5.84. The summed E-state index contributed by atoms with van der Waals surface area (Å²) < 4.78 is 41.1. The predicted molar refractivity (Wildman–Crippen MR) is 135 cm³/mol. The highest BCUT2D eigenvalue weighted by Gasteiger charge is 2.47. The molecule has 3 heterocycles. The van der Waals surface area contributed by atoms with Crippen LogP contribution in [0.4, 0.5) is 13.2 Å². The number of pyridine rings is 2. The molecule has 196 valence electrons. The lowest BCUT2D eigenvalue weighted by Crippen LogP contribution is -2.44. The van der Waals surface area contributed by atoms with E-state index in [4.69, 9.17) is 0 Å². The highest BCUT2D eigenvalue weighted by Crippen LogP contribution is 2.46. The molecule has 1 saturated heterocycles. The van der Waals surface area contributed by atoms with Crippen molar-refractivity contribution in [3.8, 4) is 0 Å². The molecule has 1 saturated carbocycles. The number of hydrogen-bond donors (Lipinski definition) is 1. The largest absolute Gasteiger partial charge is 0.417 e. The Kier molecular flexibility index (Phi) is 6.60. The van der Waals surface area contributed by atoms with Crippen molar-refractivity contribution in [3.05, 3.63) is 75.8 Å². The summed E-state index contributed by atoms with van der Waals surface area (Å²) in [6.07, 6.45) is 1.40. The minimum Gasteiger partial charge on any atom is -0.349 e. The van der Waals surface area contributed by atoms with E-state index in [2.05, 4.69) is 21.3 Å². The van der Waals surface area contributed by atoms with Gasteiger partial charge in [-0.15, -0.1) is 0 Å². The van der Waals surface area contributed by atoms with E-state index in [1.807, 2.05) is 18.2 Å². The van der Waals surface area contributed by atoms with Gasteiger partial charge in [0.1, 0.15) is 0 Å². The Labute approximate surface area is 213 Å². The fourth-order valence-corrected chi connectivity index (χ4v) is 5.46. The van der Waals surface area contributed by atoms with Crippen LogP contribution in [0.3, 0.4) is 0 Å². The van der Waals surface area contributed by atoms with Gasteiger partial charge in [-0.1, -0.05) is 25.0 Å². The molecule has 0 spiro atoms. The molecule has 37 heavy (non-hydrogen) atoms. The van der Waals surface area contributed by atoms with Gasteiger partial charge in [-0.3, -0.25) is 19.5 Å². The zero-order valence-corrected chi connectivity index (χ0v) is 21.0. The molecule has 2 fully saturated rings.